The van der Waals surface area contributed by atoms with E-state index in [0.29, 0.717) is 5.56 Å². The fourth-order valence-electron chi connectivity index (χ4n) is 2.01. The van der Waals surface area contributed by atoms with Crippen LogP contribution in [0.1, 0.15) is 21.5 Å². The van der Waals surface area contributed by atoms with Gasteiger partial charge in [0.1, 0.15) is 5.82 Å². The molecule has 92 valence electrons. The molecule has 0 atom stereocenters. The zero-order valence-corrected chi connectivity index (χ0v) is 10.2. The van der Waals surface area contributed by atoms with Gasteiger partial charge in [-0.15, -0.1) is 0 Å². The molecule has 0 amide bonds. The van der Waals surface area contributed by atoms with Gasteiger partial charge in [0.05, 0.1) is 5.56 Å². The van der Waals surface area contributed by atoms with Crippen molar-refractivity contribution in [2.45, 2.75) is 13.8 Å². The topological polar surface area (TPSA) is 37.3 Å². The molecule has 3 heteroatoms. The van der Waals surface area contributed by atoms with Crippen molar-refractivity contribution < 1.29 is 14.3 Å². The summed E-state index contributed by atoms with van der Waals surface area (Å²) in [5.74, 6) is -1.96. The van der Waals surface area contributed by atoms with Crippen molar-refractivity contribution in [1.82, 2.24) is 0 Å². The van der Waals surface area contributed by atoms with Crippen LogP contribution in [-0.4, -0.2) is 11.1 Å². The first-order chi connectivity index (χ1) is 8.47. The molecule has 2 aromatic carbocycles. The fraction of sp³-hybridized carbons (Fsp3) is 0.133. The summed E-state index contributed by atoms with van der Waals surface area (Å²) in [7, 11) is 0. The van der Waals surface area contributed by atoms with Gasteiger partial charge in [-0.3, -0.25) is 0 Å². The lowest BCUT2D eigenvalue weighted by atomic mass is 9.99. The van der Waals surface area contributed by atoms with Crippen LogP contribution in [0.3, 0.4) is 0 Å². The zero-order valence-electron chi connectivity index (χ0n) is 10.2. The van der Waals surface area contributed by atoms with E-state index in [1.807, 2.05) is 32.0 Å². The fourth-order valence-corrected chi connectivity index (χ4v) is 2.01. The number of hydrogen-bond donors (Lipinski definition) is 1. The van der Waals surface area contributed by atoms with E-state index < -0.39 is 11.8 Å². The second-order valence-corrected chi connectivity index (χ2v) is 4.38. The van der Waals surface area contributed by atoms with E-state index in [-0.39, 0.29) is 5.56 Å². The molecule has 0 bridgehead atoms. The Morgan fingerprint density at radius 1 is 1.00 bits per heavy atom. The molecule has 0 aliphatic heterocycles. The highest BCUT2D eigenvalue weighted by molar-refractivity contribution is 5.89. The Bertz CT molecular complexity index is 598. The first-order valence-electron chi connectivity index (χ1n) is 5.59. The molecule has 0 saturated carbocycles. The smallest absolute Gasteiger partial charge is 0.338 e. The third-order valence-electron chi connectivity index (χ3n) is 2.75. The van der Waals surface area contributed by atoms with Crippen molar-refractivity contribution in [3.8, 4) is 11.1 Å². The molecule has 0 aliphatic carbocycles. The first kappa shape index (κ1) is 12.3. The zero-order chi connectivity index (χ0) is 13.3. The van der Waals surface area contributed by atoms with Crippen LogP contribution >= 0.6 is 0 Å². The third-order valence-corrected chi connectivity index (χ3v) is 2.75. The maximum Gasteiger partial charge on any atom is 0.338 e. The molecule has 0 aromatic heterocycles. The molecule has 1 N–H and O–H groups in total. The minimum Gasteiger partial charge on any atom is -0.478 e. The van der Waals surface area contributed by atoms with E-state index in [1.54, 1.807) is 6.07 Å². The van der Waals surface area contributed by atoms with Crippen molar-refractivity contribution in [3.05, 3.63) is 58.9 Å². The van der Waals surface area contributed by atoms with Crippen molar-refractivity contribution in [3.63, 3.8) is 0 Å². The molecule has 18 heavy (non-hydrogen) atoms. The number of benzene rings is 2. The molecule has 0 unspecified atom stereocenters. The molecule has 0 spiro atoms. The van der Waals surface area contributed by atoms with Gasteiger partial charge in [0.15, 0.2) is 0 Å². The Labute approximate surface area is 105 Å². The SMILES string of the molecule is Cc1cc(C)cc(-c2ccc(F)c(C(=O)O)c2)c1. The highest BCUT2D eigenvalue weighted by atomic mass is 19.1. The molecule has 2 aromatic rings. The van der Waals surface area contributed by atoms with Crippen molar-refractivity contribution in [2.75, 3.05) is 0 Å². The van der Waals surface area contributed by atoms with Crippen LogP contribution in [0.2, 0.25) is 0 Å². The van der Waals surface area contributed by atoms with E-state index in [4.69, 9.17) is 5.11 Å². The predicted octanol–water partition coefficient (Wildman–Crippen LogP) is 3.81. The monoisotopic (exact) mass is 244 g/mol. The van der Waals surface area contributed by atoms with E-state index in [1.165, 1.54) is 12.1 Å². The quantitative estimate of drug-likeness (QED) is 0.872. The number of aromatic carboxylic acids is 1. The highest BCUT2D eigenvalue weighted by Crippen LogP contribution is 2.24. The van der Waals surface area contributed by atoms with E-state index in [2.05, 4.69) is 0 Å². The summed E-state index contributed by atoms with van der Waals surface area (Å²) < 4.78 is 13.3. The Hall–Kier alpha value is -2.16. The number of hydrogen-bond acceptors (Lipinski definition) is 1. The van der Waals surface area contributed by atoms with Crippen molar-refractivity contribution >= 4 is 5.97 Å². The van der Waals surface area contributed by atoms with Crippen molar-refractivity contribution in [1.29, 1.82) is 0 Å². The minimum atomic E-state index is -1.25. The average Bonchev–Trinajstić information content (AvgIpc) is 2.27. The molecule has 2 nitrogen and oxygen atoms in total. The van der Waals surface area contributed by atoms with Gasteiger partial charge >= 0.3 is 5.97 Å². The average molecular weight is 244 g/mol. The van der Waals surface area contributed by atoms with Crippen LogP contribution in [-0.2, 0) is 0 Å². The van der Waals surface area contributed by atoms with Gasteiger partial charge in [-0.1, -0.05) is 35.4 Å². The van der Waals surface area contributed by atoms with Crippen LogP contribution in [0.4, 0.5) is 4.39 Å². The normalized spacial score (nSPS) is 10.4. The van der Waals surface area contributed by atoms with Crippen LogP contribution in [0, 0.1) is 19.7 Å². The molecular weight excluding hydrogens is 231 g/mol. The first-order valence-corrected chi connectivity index (χ1v) is 5.59. The summed E-state index contributed by atoms with van der Waals surface area (Å²) in [4.78, 5) is 10.9. The van der Waals surface area contributed by atoms with E-state index in [0.717, 1.165) is 16.7 Å². The lowest BCUT2D eigenvalue weighted by Crippen LogP contribution is -2.00. The summed E-state index contributed by atoms with van der Waals surface area (Å²) >= 11 is 0. The Morgan fingerprint density at radius 2 is 1.61 bits per heavy atom. The summed E-state index contributed by atoms with van der Waals surface area (Å²) in [5, 5.41) is 8.91. The number of carbonyl (C=O) groups is 1. The number of carboxylic acids is 1. The van der Waals surface area contributed by atoms with Gasteiger partial charge in [-0.25, -0.2) is 9.18 Å². The summed E-state index contributed by atoms with van der Waals surface area (Å²) in [6.45, 7) is 3.94. The molecule has 0 aliphatic rings. The van der Waals surface area contributed by atoms with Crippen LogP contribution in [0.5, 0.6) is 0 Å². The van der Waals surface area contributed by atoms with E-state index in [9.17, 15) is 9.18 Å². The maximum atomic E-state index is 13.3. The van der Waals surface area contributed by atoms with Crippen LogP contribution in [0.25, 0.3) is 11.1 Å². The number of aryl methyl sites for hydroxylation is 2. The molecule has 0 fully saturated rings. The Morgan fingerprint density at radius 3 is 2.17 bits per heavy atom. The second kappa shape index (κ2) is 4.61. The number of halogens is 1. The largest absolute Gasteiger partial charge is 0.478 e. The summed E-state index contributed by atoms with van der Waals surface area (Å²) in [5.41, 5.74) is 3.49. The Balaban J connectivity index is 2.57. The third kappa shape index (κ3) is 2.40. The standard InChI is InChI=1S/C15H13FO2/c1-9-5-10(2)7-12(6-9)11-3-4-14(16)13(8-11)15(17)18/h3-8H,1-2H3,(H,17,18). The van der Waals surface area contributed by atoms with Gasteiger partial charge in [0.25, 0.3) is 0 Å². The second-order valence-electron chi connectivity index (χ2n) is 4.38. The van der Waals surface area contributed by atoms with Gasteiger partial charge in [-0.2, -0.15) is 0 Å². The maximum absolute atomic E-state index is 13.3. The summed E-state index contributed by atoms with van der Waals surface area (Å²) in [6, 6.07) is 10.1. The van der Waals surface area contributed by atoms with Gasteiger partial charge in [0, 0.05) is 0 Å². The van der Waals surface area contributed by atoms with Gasteiger partial charge in [-0.05, 0) is 37.1 Å². The highest BCUT2D eigenvalue weighted by Gasteiger charge is 2.11. The molecule has 0 saturated heterocycles. The van der Waals surface area contributed by atoms with Crippen LogP contribution < -0.4 is 0 Å². The van der Waals surface area contributed by atoms with Gasteiger partial charge in [0.2, 0.25) is 0 Å². The van der Waals surface area contributed by atoms with E-state index >= 15 is 0 Å². The lowest BCUT2D eigenvalue weighted by molar-refractivity contribution is 0.0692. The molecule has 0 radical (unpaired) electrons. The van der Waals surface area contributed by atoms with Crippen LogP contribution in [0.15, 0.2) is 36.4 Å². The molecular formula is C15H13FO2. The number of rotatable bonds is 2. The van der Waals surface area contributed by atoms with Crippen molar-refractivity contribution in [2.24, 2.45) is 0 Å². The summed E-state index contributed by atoms with van der Waals surface area (Å²) in [6.07, 6.45) is 0. The number of carboxylic acid groups (broad SMARTS) is 1. The Kier molecular flexibility index (Phi) is 3.15. The lowest BCUT2D eigenvalue weighted by Gasteiger charge is -2.07. The molecule has 0 heterocycles. The van der Waals surface area contributed by atoms with Gasteiger partial charge < -0.3 is 5.11 Å². The molecule has 2 rings (SSSR count). The predicted molar refractivity (Wildman–Crippen MR) is 68.3 cm³/mol. The minimum absolute atomic E-state index is 0.299.